The van der Waals surface area contributed by atoms with E-state index in [0.29, 0.717) is 23.6 Å². The molecule has 3 rings (SSSR count). The van der Waals surface area contributed by atoms with Gasteiger partial charge in [0.2, 0.25) is 0 Å². The topological polar surface area (TPSA) is 78.9 Å². The Bertz CT molecular complexity index is 623. The second-order valence-electron chi connectivity index (χ2n) is 6.07. The van der Waals surface area contributed by atoms with Gasteiger partial charge in [-0.3, -0.25) is 0 Å². The molecular weight excluding hydrogens is 320 g/mol. The van der Waals surface area contributed by atoms with Crippen molar-refractivity contribution in [2.75, 3.05) is 12.4 Å². The van der Waals surface area contributed by atoms with Gasteiger partial charge in [-0.25, -0.2) is 9.59 Å². The summed E-state index contributed by atoms with van der Waals surface area (Å²) in [6, 6.07) is 4.54. The molecule has 2 amide bonds. The lowest BCUT2D eigenvalue weighted by Gasteiger charge is -2.37. The first kappa shape index (κ1) is 16.1. The minimum atomic E-state index is -0.510. The van der Waals surface area contributed by atoms with Gasteiger partial charge in [-0.2, -0.15) is 0 Å². The number of rotatable bonds is 2. The molecule has 2 atom stereocenters. The molecule has 1 aromatic carbocycles. The number of urea groups is 1. The number of nitrogens with one attached hydrogen (secondary N) is 1. The minimum absolute atomic E-state index is 0.0722. The second kappa shape index (κ2) is 6.37. The Morgan fingerprint density at radius 2 is 1.91 bits per heavy atom. The molecule has 23 heavy (non-hydrogen) atoms. The molecule has 0 saturated carbocycles. The highest BCUT2D eigenvalue weighted by Gasteiger charge is 2.42. The number of nitrogens with zero attached hydrogens (tertiary/aromatic N) is 1. The lowest BCUT2D eigenvalue weighted by molar-refractivity contribution is 0.0576. The number of carbonyl (C=O) groups excluding carboxylic acids is 2. The van der Waals surface area contributed by atoms with Crippen LogP contribution in [0, 0.1) is 0 Å². The largest absolute Gasteiger partial charge is 0.465 e. The van der Waals surface area contributed by atoms with E-state index < -0.39 is 5.97 Å². The average Bonchev–Trinajstić information content (AvgIpc) is 2.78. The van der Waals surface area contributed by atoms with E-state index in [1.54, 1.807) is 6.07 Å². The Balaban J connectivity index is 1.76. The molecule has 124 valence electrons. The minimum Gasteiger partial charge on any atom is -0.465 e. The van der Waals surface area contributed by atoms with Crippen LogP contribution in [-0.4, -0.2) is 47.3 Å². The Morgan fingerprint density at radius 1 is 1.26 bits per heavy atom. The summed E-state index contributed by atoms with van der Waals surface area (Å²) < 4.78 is 4.67. The van der Waals surface area contributed by atoms with E-state index in [1.807, 2.05) is 4.90 Å². The van der Waals surface area contributed by atoms with Gasteiger partial charge in [0.15, 0.2) is 0 Å². The van der Waals surface area contributed by atoms with Crippen molar-refractivity contribution in [3.8, 4) is 0 Å². The van der Waals surface area contributed by atoms with Crippen LogP contribution in [0.25, 0.3) is 0 Å². The van der Waals surface area contributed by atoms with Crippen LogP contribution in [0.1, 0.15) is 36.0 Å². The number of hydrogen-bond donors (Lipinski definition) is 2. The quantitative estimate of drug-likeness (QED) is 0.812. The van der Waals surface area contributed by atoms with Gasteiger partial charge in [0.05, 0.1) is 18.8 Å². The molecule has 0 spiro atoms. The van der Waals surface area contributed by atoms with Crippen molar-refractivity contribution < 1.29 is 19.4 Å². The van der Waals surface area contributed by atoms with E-state index in [1.165, 1.54) is 19.2 Å². The number of amides is 2. The first-order chi connectivity index (χ1) is 11.0. The lowest BCUT2D eigenvalue weighted by atomic mass is 10.0. The van der Waals surface area contributed by atoms with Crippen LogP contribution in [0.2, 0.25) is 5.02 Å². The van der Waals surface area contributed by atoms with Crippen LogP contribution in [0.15, 0.2) is 18.2 Å². The van der Waals surface area contributed by atoms with Crippen LogP contribution in [0.4, 0.5) is 10.5 Å². The number of halogens is 1. The molecule has 2 fully saturated rings. The predicted molar refractivity (Wildman–Crippen MR) is 85.7 cm³/mol. The normalized spacial score (nSPS) is 26.0. The number of carbonyl (C=O) groups is 2. The lowest BCUT2D eigenvalue weighted by Crippen LogP contribution is -2.49. The van der Waals surface area contributed by atoms with Gasteiger partial charge in [-0.15, -0.1) is 0 Å². The summed E-state index contributed by atoms with van der Waals surface area (Å²) in [4.78, 5) is 26.0. The number of esters is 1. The van der Waals surface area contributed by atoms with Crippen molar-refractivity contribution in [2.45, 2.75) is 43.9 Å². The van der Waals surface area contributed by atoms with Crippen LogP contribution in [0.5, 0.6) is 0 Å². The number of fused-ring (bicyclic) bond motifs is 2. The maximum Gasteiger partial charge on any atom is 0.337 e. The van der Waals surface area contributed by atoms with Gasteiger partial charge < -0.3 is 20.1 Å². The number of anilines is 1. The van der Waals surface area contributed by atoms with E-state index >= 15 is 0 Å². The van der Waals surface area contributed by atoms with Gasteiger partial charge in [0.25, 0.3) is 0 Å². The van der Waals surface area contributed by atoms with Gasteiger partial charge in [0, 0.05) is 22.8 Å². The smallest absolute Gasteiger partial charge is 0.337 e. The first-order valence-electron chi connectivity index (χ1n) is 7.64. The number of benzene rings is 1. The van der Waals surface area contributed by atoms with Crippen molar-refractivity contribution in [3.05, 3.63) is 28.8 Å². The molecule has 2 bridgehead atoms. The third kappa shape index (κ3) is 3.28. The monoisotopic (exact) mass is 338 g/mol. The van der Waals surface area contributed by atoms with E-state index in [0.717, 1.165) is 12.8 Å². The fraction of sp³-hybridized carbons (Fsp3) is 0.500. The summed E-state index contributed by atoms with van der Waals surface area (Å²) >= 11 is 6.00. The van der Waals surface area contributed by atoms with Crippen molar-refractivity contribution in [2.24, 2.45) is 0 Å². The Kier molecular flexibility index (Phi) is 4.46. The summed E-state index contributed by atoms with van der Waals surface area (Å²) in [5.41, 5.74) is 0.737. The molecule has 1 aromatic rings. The second-order valence-corrected chi connectivity index (χ2v) is 6.50. The van der Waals surface area contributed by atoms with Crippen molar-refractivity contribution in [3.63, 3.8) is 0 Å². The fourth-order valence-corrected chi connectivity index (χ4v) is 3.80. The number of aliphatic hydroxyl groups is 1. The van der Waals surface area contributed by atoms with Gasteiger partial charge in [-0.1, -0.05) is 11.6 Å². The molecule has 2 unspecified atom stereocenters. The van der Waals surface area contributed by atoms with Crippen LogP contribution < -0.4 is 5.32 Å². The molecule has 0 radical (unpaired) electrons. The van der Waals surface area contributed by atoms with Gasteiger partial charge in [0.1, 0.15) is 0 Å². The molecule has 0 aliphatic carbocycles. The molecule has 0 aromatic heterocycles. The predicted octanol–water partition coefficient (Wildman–Crippen LogP) is 2.65. The number of ether oxygens (including phenoxy) is 1. The molecule has 2 saturated heterocycles. The number of piperidine rings is 1. The fourth-order valence-electron chi connectivity index (χ4n) is 3.57. The Morgan fingerprint density at radius 3 is 2.52 bits per heavy atom. The Labute approximate surface area is 139 Å². The molecule has 2 heterocycles. The third-order valence-corrected chi connectivity index (χ3v) is 4.73. The summed E-state index contributed by atoms with van der Waals surface area (Å²) in [5.74, 6) is -0.510. The zero-order valence-corrected chi connectivity index (χ0v) is 13.5. The molecule has 6 nitrogen and oxygen atoms in total. The Hall–Kier alpha value is -1.79. The average molecular weight is 339 g/mol. The van der Waals surface area contributed by atoms with Gasteiger partial charge in [-0.05, 0) is 43.9 Å². The highest BCUT2D eigenvalue weighted by molar-refractivity contribution is 6.31. The summed E-state index contributed by atoms with van der Waals surface area (Å²) in [5, 5.41) is 13.0. The first-order valence-corrected chi connectivity index (χ1v) is 8.02. The zero-order chi connectivity index (χ0) is 16.6. The molecule has 2 aliphatic rings. The number of hydrogen-bond acceptors (Lipinski definition) is 4. The standard InChI is InChI=1S/C16H19ClN2O4/c1-23-15(21)9-4-10(17)6-11(5-9)18-16(22)19-12-2-3-13(19)8-14(20)7-12/h4-6,12-14,20H,2-3,7-8H2,1H3,(H,18,22). The molecular formula is C16H19ClN2O4. The van der Waals surface area contributed by atoms with Crippen LogP contribution >= 0.6 is 11.6 Å². The maximum absolute atomic E-state index is 12.6. The summed E-state index contributed by atoms with van der Waals surface area (Å²) in [6.07, 6.45) is 2.74. The third-order valence-electron chi connectivity index (χ3n) is 4.51. The highest BCUT2D eigenvalue weighted by Crippen LogP contribution is 2.36. The SMILES string of the molecule is COC(=O)c1cc(Cl)cc(NC(=O)N2C3CCC2CC(O)C3)c1. The number of aliphatic hydroxyl groups excluding tert-OH is 1. The van der Waals surface area contributed by atoms with Crippen LogP contribution in [-0.2, 0) is 4.74 Å². The highest BCUT2D eigenvalue weighted by atomic mass is 35.5. The zero-order valence-electron chi connectivity index (χ0n) is 12.8. The van der Waals surface area contributed by atoms with Gasteiger partial charge >= 0.3 is 12.0 Å². The van der Waals surface area contributed by atoms with E-state index in [2.05, 4.69) is 10.1 Å². The molecule has 2 aliphatic heterocycles. The number of methoxy groups -OCH3 is 1. The van der Waals surface area contributed by atoms with Crippen molar-refractivity contribution >= 4 is 29.3 Å². The maximum atomic E-state index is 12.6. The van der Waals surface area contributed by atoms with Crippen molar-refractivity contribution in [1.29, 1.82) is 0 Å². The van der Waals surface area contributed by atoms with E-state index in [9.17, 15) is 14.7 Å². The molecule has 2 N–H and O–H groups in total. The van der Waals surface area contributed by atoms with Crippen molar-refractivity contribution in [1.82, 2.24) is 4.90 Å². The van der Waals surface area contributed by atoms with Crippen LogP contribution in [0.3, 0.4) is 0 Å². The summed E-state index contributed by atoms with van der Waals surface area (Å²) in [6.45, 7) is 0. The van der Waals surface area contributed by atoms with E-state index in [4.69, 9.17) is 11.6 Å². The van der Waals surface area contributed by atoms with E-state index in [-0.39, 0.29) is 29.8 Å². The summed E-state index contributed by atoms with van der Waals surface area (Å²) in [7, 11) is 1.29. The molecule has 7 heteroatoms.